The lowest BCUT2D eigenvalue weighted by Gasteiger charge is -2.34. The first kappa shape index (κ1) is 24.8. The number of hydrogen-bond donors (Lipinski definition) is 1. The summed E-state index contributed by atoms with van der Waals surface area (Å²) in [5.41, 5.74) is 2.50. The quantitative estimate of drug-likeness (QED) is 0.323. The van der Waals surface area contributed by atoms with Gasteiger partial charge < -0.3 is 19.7 Å². The fourth-order valence-electron chi connectivity index (χ4n) is 5.05. The van der Waals surface area contributed by atoms with Crippen molar-refractivity contribution in [2.45, 2.75) is 37.8 Å². The molecule has 39 heavy (non-hydrogen) atoms. The molecule has 0 unspecified atom stereocenters. The third-order valence-electron chi connectivity index (χ3n) is 6.99. The molecular weight excluding hydrogens is 509 g/mol. The van der Waals surface area contributed by atoms with E-state index < -0.39 is 24.2 Å². The Morgan fingerprint density at radius 2 is 1.59 bits per heavy atom. The summed E-state index contributed by atoms with van der Waals surface area (Å²) in [5, 5.41) is 7.23. The molecule has 4 aromatic rings. The van der Waals surface area contributed by atoms with E-state index in [-0.39, 0.29) is 37.7 Å². The number of nitrogens with one attached hydrogen (secondary N) is 1. The predicted octanol–water partition coefficient (Wildman–Crippen LogP) is 6.11. The smallest absolute Gasteiger partial charge is 0.410 e. The standard InChI is InChI=1S/C29H25F3N4O3/c30-29(31,32)26-14-23(21-11-12-24-25(13-21)39-18-38-24)34-27-22(15-33-36(26)27)28(37)35(16-19-7-3-1-4-8-19)17-20-9-5-2-6-10-20/h1-13,15,23,26,34H,14,16-18H2/t23-,26+/m0/s1. The zero-order valence-electron chi connectivity index (χ0n) is 20.8. The van der Waals surface area contributed by atoms with Gasteiger partial charge in [-0.15, -0.1) is 0 Å². The van der Waals surface area contributed by atoms with Crippen molar-refractivity contribution >= 4 is 11.7 Å². The normalized spacial score (nSPS) is 17.8. The first-order valence-corrected chi connectivity index (χ1v) is 12.5. The average Bonchev–Trinajstić information content (AvgIpc) is 3.59. The van der Waals surface area contributed by atoms with Gasteiger partial charge in [0.05, 0.1) is 12.2 Å². The maximum absolute atomic E-state index is 14.2. The van der Waals surface area contributed by atoms with Gasteiger partial charge in [0, 0.05) is 19.5 Å². The lowest BCUT2D eigenvalue weighted by molar-refractivity contribution is -0.173. The third kappa shape index (κ3) is 5.01. The number of carbonyl (C=O) groups excluding carboxylic acids is 1. The number of rotatable bonds is 6. The van der Waals surface area contributed by atoms with Crippen LogP contribution in [0, 0.1) is 0 Å². The minimum atomic E-state index is -4.56. The van der Waals surface area contributed by atoms with Gasteiger partial charge in [-0.05, 0) is 28.8 Å². The van der Waals surface area contributed by atoms with Crippen LogP contribution in [-0.4, -0.2) is 33.6 Å². The van der Waals surface area contributed by atoms with Gasteiger partial charge in [0.15, 0.2) is 17.5 Å². The van der Waals surface area contributed by atoms with Gasteiger partial charge in [-0.1, -0.05) is 66.7 Å². The molecule has 2 aliphatic heterocycles. The van der Waals surface area contributed by atoms with E-state index >= 15 is 0 Å². The van der Waals surface area contributed by atoms with E-state index in [1.165, 1.54) is 6.20 Å². The molecule has 0 fully saturated rings. The second-order valence-electron chi connectivity index (χ2n) is 9.59. The summed E-state index contributed by atoms with van der Waals surface area (Å²) in [6.45, 7) is 0.632. The number of hydrogen-bond acceptors (Lipinski definition) is 5. The monoisotopic (exact) mass is 534 g/mol. The van der Waals surface area contributed by atoms with Gasteiger partial charge >= 0.3 is 6.18 Å². The Hall–Kier alpha value is -4.47. The second-order valence-corrected chi connectivity index (χ2v) is 9.59. The van der Waals surface area contributed by atoms with Crippen LogP contribution in [0.15, 0.2) is 85.1 Å². The molecule has 0 bridgehead atoms. The number of amides is 1. The summed E-state index contributed by atoms with van der Waals surface area (Å²) in [4.78, 5) is 15.6. The first-order valence-electron chi connectivity index (χ1n) is 12.5. The summed E-state index contributed by atoms with van der Waals surface area (Å²) >= 11 is 0. The van der Waals surface area contributed by atoms with Crippen molar-refractivity contribution < 1.29 is 27.4 Å². The van der Waals surface area contributed by atoms with E-state index in [1.807, 2.05) is 60.7 Å². The average molecular weight is 535 g/mol. The Morgan fingerprint density at radius 1 is 0.949 bits per heavy atom. The molecule has 10 heteroatoms. The van der Waals surface area contributed by atoms with E-state index in [0.29, 0.717) is 17.1 Å². The van der Waals surface area contributed by atoms with Crippen LogP contribution in [0.25, 0.3) is 0 Å². The molecule has 0 radical (unpaired) electrons. The molecule has 1 N–H and O–H groups in total. The Labute approximate surface area is 222 Å². The molecule has 0 spiro atoms. The molecule has 0 saturated carbocycles. The molecule has 0 saturated heterocycles. The minimum absolute atomic E-state index is 0.0439. The van der Waals surface area contributed by atoms with Gasteiger partial charge in [-0.2, -0.15) is 18.3 Å². The highest BCUT2D eigenvalue weighted by atomic mass is 19.4. The minimum Gasteiger partial charge on any atom is -0.454 e. The highest BCUT2D eigenvalue weighted by molar-refractivity contribution is 5.99. The van der Waals surface area contributed by atoms with E-state index in [4.69, 9.17) is 9.47 Å². The topological polar surface area (TPSA) is 68.6 Å². The van der Waals surface area contributed by atoms with Crippen LogP contribution in [0.4, 0.5) is 19.0 Å². The Morgan fingerprint density at radius 3 is 2.23 bits per heavy atom. The summed E-state index contributed by atoms with van der Waals surface area (Å²) < 4.78 is 54.4. The van der Waals surface area contributed by atoms with Crippen LogP contribution in [-0.2, 0) is 13.1 Å². The lowest BCUT2D eigenvalue weighted by atomic mass is 9.96. The van der Waals surface area contributed by atoms with Crippen molar-refractivity contribution in [1.82, 2.24) is 14.7 Å². The zero-order chi connectivity index (χ0) is 27.0. The second kappa shape index (κ2) is 10.0. The van der Waals surface area contributed by atoms with Crippen molar-refractivity contribution in [3.05, 3.63) is 107 Å². The van der Waals surface area contributed by atoms with Crippen LogP contribution < -0.4 is 14.8 Å². The third-order valence-corrected chi connectivity index (χ3v) is 6.99. The maximum atomic E-state index is 14.2. The molecule has 0 aliphatic carbocycles. The van der Waals surface area contributed by atoms with E-state index in [0.717, 1.165) is 15.8 Å². The number of nitrogens with zero attached hydrogens (tertiary/aromatic N) is 3. The fourth-order valence-corrected chi connectivity index (χ4v) is 5.05. The van der Waals surface area contributed by atoms with Gasteiger partial charge in [0.25, 0.3) is 5.91 Å². The maximum Gasteiger partial charge on any atom is 0.410 e. The van der Waals surface area contributed by atoms with Gasteiger partial charge in [-0.3, -0.25) is 4.79 Å². The van der Waals surface area contributed by atoms with Crippen molar-refractivity contribution in [2.75, 3.05) is 12.1 Å². The molecule has 7 nitrogen and oxygen atoms in total. The lowest BCUT2D eigenvalue weighted by Crippen LogP contribution is -2.37. The number of alkyl halides is 3. The molecule has 1 aromatic heterocycles. The van der Waals surface area contributed by atoms with Crippen molar-refractivity contribution in [3.8, 4) is 11.5 Å². The molecule has 2 aliphatic rings. The number of fused-ring (bicyclic) bond motifs is 2. The Kier molecular flexibility index (Phi) is 6.38. The number of halogens is 3. The van der Waals surface area contributed by atoms with Crippen LogP contribution in [0.2, 0.25) is 0 Å². The van der Waals surface area contributed by atoms with E-state index in [9.17, 15) is 18.0 Å². The Bertz CT molecular complexity index is 1430. The number of ether oxygens (including phenoxy) is 2. The van der Waals surface area contributed by atoms with E-state index in [1.54, 1.807) is 23.1 Å². The number of aromatic nitrogens is 2. The molecule has 3 aromatic carbocycles. The van der Waals surface area contributed by atoms with Crippen LogP contribution in [0.5, 0.6) is 11.5 Å². The molecule has 1 amide bonds. The summed E-state index contributed by atoms with van der Waals surface area (Å²) in [7, 11) is 0. The largest absolute Gasteiger partial charge is 0.454 e. The Balaban J connectivity index is 1.36. The molecular formula is C29H25F3N4O3. The molecule has 3 heterocycles. The SMILES string of the molecule is O=C(c1cnn2c1N[C@H](c1ccc3c(c1)OCO3)C[C@@H]2C(F)(F)F)N(Cc1ccccc1)Cc1ccccc1. The van der Waals surface area contributed by atoms with Crippen molar-refractivity contribution in [2.24, 2.45) is 0 Å². The van der Waals surface area contributed by atoms with Gasteiger partial charge in [0.2, 0.25) is 6.79 Å². The fraction of sp³-hybridized carbons (Fsp3) is 0.241. The van der Waals surface area contributed by atoms with E-state index in [2.05, 4.69) is 10.4 Å². The number of anilines is 1. The van der Waals surface area contributed by atoms with Crippen LogP contribution in [0.1, 0.15) is 45.6 Å². The molecule has 2 atom stereocenters. The van der Waals surface area contributed by atoms with Gasteiger partial charge in [-0.25, -0.2) is 4.68 Å². The van der Waals surface area contributed by atoms with Crippen molar-refractivity contribution in [1.29, 1.82) is 0 Å². The van der Waals surface area contributed by atoms with Crippen LogP contribution in [0.3, 0.4) is 0 Å². The van der Waals surface area contributed by atoms with Gasteiger partial charge in [0.1, 0.15) is 11.4 Å². The summed E-state index contributed by atoms with van der Waals surface area (Å²) in [5.74, 6) is 0.650. The highest BCUT2D eigenvalue weighted by Crippen LogP contribution is 2.46. The summed E-state index contributed by atoms with van der Waals surface area (Å²) in [6.07, 6.45) is -3.62. The summed E-state index contributed by atoms with van der Waals surface area (Å²) in [6, 6.07) is 21.4. The number of carbonyl (C=O) groups is 1. The molecule has 6 rings (SSSR count). The highest BCUT2D eigenvalue weighted by Gasteiger charge is 2.47. The zero-order valence-corrected chi connectivity index (χ0v) is 20.8. The van der Waals surface area contributed by atoms with Crippen LogP contribution >= 0.6 is 0 Å². The first-order chi connectivity index (χ1) is 18.9. The number of benzene rings is 3. The van der Waals surface area contributed by atoms with Crippen molar-refractivity contribution in [3.63, 3.8) is 0 Å². The predicted molar refractivity (Wildman–Crippen MR) is 137 cm³/mol. The molecule has 200 valence electrons.